The van der Waals surface area contributed by atoms with Crippen LogP contribution >= 0.6 is 0 Å². The van der Waals surface area contributed by atoms with Gasteiger partial charge in [0.15, 0.2) is 0 Å². The lowest BCUT2D eigenvalue weighted by atomic mass is 9.75. The second-order valence-electron chi connectivity index (χ2n) is 7.05. The maximum absolute atomic E-state index is 14.4. The Balaban J connectivity index is 2.55. The lowest BCUT2D eigenvalue weighted by Gasteiger charge is -2.30. The van der Waals surface area contributed by atoms with Crippen molar-refractivity contribution in [1.29, 1.82) is 0 Å². The Hall–Kier alpha value is -2.68. The van der Waals surface area contributed by atoms with Crippen LogP contribution in [-0.4, -0.2) is 12.3 Å². The lowest BCUT2D eigenvalue weighted by Crippen LogP contribution is -2.23. The van der Waals surface area contributed by atoms with Crippen LogP contribution in [0.1, 0.15) is 44.2 Å². The zero-order valence-electron chi connectivity index (χ0n) is 16.6. The monoisotopic (exact) mass is 364 g/mol. The van der Waals surface area contributed by atoms with Gasteiger partial charge in [-0.3, -0.25) is 0 Å². The van der Waals surface area contributed by atoms with Crippen molar-refractivity contribution >= 4 is 5.71 Å². The summed E-state index contributed by atoms with van der Waals surface area (Å²) in [5.74, 6) is 0.707. The molecule has 1 atom stereocenters. The van der Waals surface area contributed by atoms with Gasteiger partial charge in [-0.1, -0.05) is 70.0 Å². The van der Waals surface area contributed by atoms with Crippen molar-refractivity contribution in [3.8, 4) is 0 Å². The average Bonchev–Trinajstić information content (AvgIpc) is 2.67. The van der Waals surface area contributed by atoms with Gasteiger partial charge in [-0.15, -0.1) is 0 Å². The molecule has 1 N–H and O–H groups in total. The molecule has 0 saturated carbocycles. The first kappa shape index (κ1) is 20.6. The maximum atomic E-state index is 14.4. The van der Waals surface area contributed by atoms with E-state index in [0.29, 0.717) is 23.7 Å². The second-order valence-corrected chi connectivity index (χ2v) is 7.05. The molecule has 0 aliphatic heterocycles. The Kier molecular flexibility index (Phi) is 7.12. The molecule has 27 heavy (non-hydrogen) atoms. The van der Waals surface area contributed by atoms with E-state index in [1.165, 1.54) is 6.08 Å². The van der Waals surface area contributed by atoms with E-state index in [1.807, 2.05) is 37.3 Å². The van der Waals surface area contributed by atoms with E-state index in [2.05, 4.69) is 38.9 Å². The van der Waals surface area contributed by atoms with Crippen LogP contribution in [0.25, 0.3) is 0 Å². The number of halogens is 1. The van der Waals surface area contributed by atoms with Gasteiger partial charge in [-0.2, -0.15) is 0 Å². The summed E-state index contributed by atoms with van der Waals surface area (Å²) in [7, 11) is 0. The van der Waals surface area contributed by atoms with E-state index in [9.17, 15) is 4.39 Å². The van der Waals surface area contributed by atoms with Crippen molar-refractivity contribution in [1.82, 2.24) is 5.32 Å². The number of nitrogens with one attached hydrogen (secondary N) is 1. The van der Waals surface area contributed by atoms with E-state index in [0.717, 1.165) is 29.0 Å². The molecule has 1 aliphatic carbocycles. The zero-order chi connectivity index (χ0) is 20.0. The molecule has 3 heteroatoms. The third-order valence-electron chi connectivity index (χ3n) is 4.68. The van der Waals surface area contributed by atoms with E-state index >= 15 is 0 Å². The normalized spacial score (nSPS) is 20.3. The highest BCUT2D eigenvalue weighted by Crippen LogP contribution is 2.41. The third-order valence-corrected chi connectivity index (χ3v) is 4.68. The first-order chi connectivity index (χ1) is 12.9. The predicted molar refractivity (Wildman–Crippen MR) is 115 cm³/mol. The molecular formula is C24H29FN2. The molecule has 0 radical (unpaired) electrons. The quantitative estimate of drug-likeness (QED) is 0.571. The molecule has 1 aromatic carbocycles. The van der Waals surface area contributed by atoms with Gasteiger partial charge in [-0.05, 0) is 42.0 Å². The number of aliphatic imine (C=N–C) groups is 1. The van der Waals surface area contributed by atoms with Crippen LogP contribution in [-0.2, 0) is 0 Å². The van der Waals surface area contributed by atoms with E-state index in [1.54, 1.807) is 6.08 Å². The van der Waals surface area contributed by atoms with E-state index in [-0.39, 0.29) is 11.7 Å². The van der Waals surface area contributed by atoms with E-state index in [4.69, 9.17) is 4.99 Å². The fourth-order valence-corrected chi connectivity index (χ4v) is 3.30. The molecule has 2 nitrogen and oxygen atoms in total. The molecule has 2 rings (SSSR count). The van der Waals surface area contributed by atoms with Crippen molar-refractivity contribution in [2.45, 2.75) is 33.1 Å². The van der Waals surface area contributed by atoms with Crippen LogP contribution in [0.4, 0.5) is 4.39 Å². The highest BCUT2D eigenvalue weighted by Gasteiger charge is 2.30. The van der Waals surface area contributed by atoms with Crippen molar-refractivity contribution < 1.29 is 4.39 Å². The number of allylic oxidation sites excluding steroid dienone is 6. The summed E-state index contributed by atoms with van der Waals surface area (Å²) in [6.07, 6.45) is 5.55. The summed E-state index contributed by atoms with van der Waals surface area (Å²) < 4.78 is 14.4. The minimum absolute atomic E-state index is 0.112. The molecule has 0 bridgehead atoms. The van der Waals surface area contributed by atoms with Gasteiger partial charge < -0.3 is 5.32 Å². The van der Waals surface area contributed by atoms with Gasteiger partial charge in [0.2, 0.25) is 0 Å². The molecule has 0 heterocycles. The molecular weight excluding hydrogens is 335 g/mol. The number of benzene rings is 1. The number of fused-ring (bicyclic) bond motifs is 1. The Morgan fingerprint density at radius 1 is 1.30 bits per heavy atom. The zero-order valence-corrected chi connectivity index (χ0v) is 16.6. The SMILES string of the molecule is C=C/C(F)=C(\C=C)C1CC(=C/C)/C(=N\C(=C)NCC(C)C)c2ccccc21. The van der Waals surface area contributed by atoms with Gasteiger partial charge in [0.25, 0.3) is 0 Å². The maximum Gasteiger partial charge on any atom is 0.126 e. The minimum Gasteiger partial charge on any atom is -0.370 e. The van der Waals surface area contributed by atoms with Crippen LogP contribution < -0.4 is 5.32 Å². The molecule has 0 amide bonds. The largest absolute Gasteiger partial charge is 0.370 e. The molecule has 1 aromatic rings. The number of rotatable bonds is 7. The topological polar surface area (TPSA) is 24.4 Å². The van der Waals surface area contributed by atoms with Crippen LogP contribution in [0.3, 0.4) is 0 Å². The molecule has 0 fully saturated rings. The molecule has 0 spiro atoms. The molecule has 0 saturated heterocycles. The standard InChI is InChI=1S/C24H29FN2/c1-7-18-14-22(19(8-2)23(25)9-3)20-12-10-11-13-21(20)24(18)27-17(6)26-15-16(4)5/h7-13,16,22,26H,2-3,6,14-15H2,1,4-5H3/b18-7-,23-19-,27-24+. The first-order valence-electron chi connectivity index (χ1n) is 9.33. The van der Waals surface area contributed by atoms with Crippen LogP contribution in [0, 0.1) is 5.92 Å². The van der Waals surface area contributed by atoms with Gasteiger partial charge in [0, 0.05) is 18.0 Å². The highest BCUT2D eigenvalue weighted by atomic mass is 19.1. The first-order valence-corrected chi connectivity index (χ1v) is 9.33. The Morgan fingerprint density at radius 3 is 2.59 bits per heavy atom. The fraction of sp³-hybridized carbons (Fsp3) is 0.292. The molecule has 1 unspecified atom stereocenters. The minimum atomic E-state index is -0.330. The Morgan fingerprint density at radius 2 is 2.00 bits per heavy atom. The third kappa shape index (κ3) is 4.73. The summed E-state index contributed by atoms with van der Waals surface area (Å²) in [5, 5.41) is 3.27. The molecule has 1 aliphatic rings. The number of hydrogen-bond donors (Lipinski definition) is 1. The van der Waals surface area contributed by atoms with Crippen LogP contribution in [0.5, 0.6) is 0 Å². The van der Waals surface area contributed by atoms with E-state index < -0.39 is 0 Å². The lowest BCUT2D eigenvalue weighted by molar-refractivity contribution is 0.594. The number of hydrogen-bond acceptors (Lipinski definition) is 2. The number of nitrogens with zero attached hydrogens (tertiary/aromatic N) is 1. The summed E-state index contributed by atoms with van der Waals surface area (Å²) >= 11 is 0. The summed E-state index contributed by atoms with van der Waals surface area (Å²) in [5.41, 5.74) is 4.58. The average molecular weight is 365 g/mol. The summed E-state index contributed by atoms with van der Waals surface area (Å²) in [6.45, 7) is 18.5. The second kappa shape index (κ2) is 9.31. The van der Waals surface area contributed by atoms with Gasteiger partial charge in [-0.25, -0.2) is 9.38 Å². The molecule has 142 valence electrons. The fourth-order valence-electron chi connectivity index (χ4n) is 3.30. The van der Waals surface area contributed by atoms with Crippen molar-refractivity contribution in [3.05, 3.63) is 96.2 Å². The summed E-state index contributed by atoms with van der Waals surface area (Å²) in [6, 6.07) is 8.02. The van der Waals surface area contributed by atoms with Crippen molar-refractivity contribution in [2.75, 3.05) is 6.54 Å². The summed E-state index contributed by atoms with van der Waals surface area (Å²) in [4.78, 5) is 4.77. The van der Waals surface area contributed by atoms with Gasteiger partial charge >= 0.3 is 0 Å². The Labute approximate surface area is 162 Å². The van der Waals surface area contributed by atoms with Crippen LogP contribution in [0.2, 0.25) is 0 Å². The predicted octanol–water partition coefficient (Wildman–Crippen LogP) is 6.22. The smallest absolute Gasteiger partial charge is 0.126 e. The van der Waals surface area contributed by atoms with Crippen LogP contribution in [0.15, 0.2) is 90.0 Å². The van der Waals surface area contributed by atoms with Crippen molar-refractivity contribution in [3.63, 3.8) is 0 Å². The Bertz CT molecular complexity index is 825. The van der Waals surface area contributed by atoms with Crippen molar-refractivity contribution in [2.24, 2.45) is 10.9 Å². The van der Waals surface area contributed by atoms with Gasteiger partial charge in [0.05, 0.1) is 5.71 Å². The van der Waals surface area contributed by atoms with Gasteiger partial charge in [0.1, 0.15) is 11.6 Å². The molecule has 0 aromatic heterocycles. The highest BCUT2D eigenvalue weighted by molar-refractivity contribution is 6.15.